The van der Waals surface area contributed by atoms with Gasteiger partial charge in [-0.1, -0.05) is 36.4 Å². The summed E-state index contributed by atoms with van der Waals surface area (Å²) in [5.74, 6) is -0.170. The zero-order chi connectivity index (χ0) is 16.8. The number of esters is 1. The van der Waals surface area contributed by atoms with Crippen LogP contribution in [0.5, 0.6) is 0 Å². The number of hydrogen-bond donors (Lipinski definition) is 1. The van der Waals surface area contributed by atoms with Gasteiger partial charge in [0, 0.05) is 37.6 Å². The van der Waals surface area contributed by atoms with Crippen LogP contribution in [0.2, 0.25) is 0 Å². The quantitative estimate of drug-likeness (QED) is 0.674. The molecule has 2 aromatic rings. The van der Waals surface area contributed by atoms with Gasteiger partial charge in [-0.2, -0.15) is 0 Å². The van der Waals surface area contributed by atoms with Crippen LogP contribution in [0.1, 0.15) is 5.56 Å². The van der Waals surface area contributed by atoms with Gasteiger partial charge in [-0.05, 0) is 23.8 Å². The summed E-state index contributed by atoms with van der Waals surface area (Å²) in [5, 5.41) is 0. The van der Waals surface area contributed by atoms with E-state index in [1.807, 2.05) is 48.5 Å². The summed E-state index contributed by atoms with van der Waals surface area (Å²) in [4.78, 5) is 16.4. The summed E-state index contributed by atoms with van der Waals surface area (Å²) in [7, 11) is 0. The first-order chi connectivity index (χ1) is 11.7. The van der Waals surface area contributed by atoms with Gasteiger partial charge >= 0.3 is 5.97 Å². The topological polar surface area (TPSA) is 58.8 Å². The van der Waals surface area contributed by atoms with Crippen LogP contribution < -0.4 is 10.6 Å². The van der Waals surface area contributed by atoms with Crippen LogP contribution in [0.3, 0.4) is 0 Å². The molecule has 126 valence electrons. The number of carbonyl (C=O) groups is 1. The molecule has 1 saturated heterocycles. The summed E-state index contributed by atoms with van der Waals surface area (Å²) < 4.78 is 5.35. The number of hydrogen-bond acceptors (Lipinski definition) is 5. The van der Waals surface area contributed by atoms with E-state index in [2.05, 4.69) is 15.9 Å². The fourth-order valence-corrected chi connectivity index (χ4v) is 2.85. The highest BCUT2D eigenvalue weighted by Gasteiger charge is 2.19. The Labute approximate surface area is 142 Å². The standard InChI is InChI=1S/C19H23N3O2/c20-17-7-4-8-18(13-17)22-11-9-21(10-12-22)14-19(23)24-15-16-5-2-1-3-6-16/h1-8,13H,9-12,14-15,20H2. The lowest BCUT2D eigenvalue weighted by Crippen LogP contribution is -2.48. The van der Waals surface area contributed by atoms with E-state index in [-0.39, 0.29) is 5.97 Å². The van der Waals surface area contributed by atoms with E-state index >= 15 is 0 Å². The normalized spacial score (nSPS) is 15.2. The van der Waals surface area contributed by atoms with Crippen molar-refractivity contribution in [2.24, 2.45) is 0 Å². The minimum Gasteiger partial charge on any atom is -0.460 e. The van der Waals surface area contributed by atoms with E-state index in [0.717, 1.165) is 43.1 Å². The van der Waals surface area contributed by atoms with Crippen LogP contribution in [-0.4, -0.2) is 43.6 Å². The molecule has 1 fully saturated rings. The molecule has 0 amide bonds. The highest BCUT2D eigenvalue weighted by Crippen LogP contribution is 2.19. The Balaban J connectivity index is 1.42. The summed E-state index contributed by atoms with van der Waals surface area (Å²) in [6.07, 6.45) is 0. The third-order valence-electron chi connectivity index (χ3n) is 4.20. The maximum Gasteiger partial charge on any atom is 0.320 e. The number of piperazine rings is 1. The lowest BCUT2D eigenvalue weighted by molar-refractivity contribution is -0.146. The van der Waals surface area contributed by atoms with Gasteiger partial charge in [-0.25, -0.2) is 0 Å². The average molecular weight is 325 g/mol. The van der Waals surface area contributed by atoms with E-state index in [9.17, 15) is 4.79 Å². The number of carbonyl (C=O) groups excluding carboxylic acids is 1. The van der Waals surface area contributed by atoms with Crippen molar-refractivity contribution in [3.63, 3.8) is 0 Å². The number of nitrogens with two attached hydrogens (primary N) is 1. The Morgan fingerprint density at radius 2 is 1.75 bits per heavy atom. The van der Waals surface area contributed by atoms with E-state index < -0.39 is 0 Å². The molecule has 0 unspecified atom stereocenters. The summed E-state index contributed by atoms with van der Waals surface area (Å²) in [6, 6.07) is 17.7. The van der Waals surface area contributed by atoms with Crippen molar-refractivity contribution in [3.8, 4) is 0 Å². The van der Waals surface area contributed by atoms with E-state index in [4.69, 9.17) is 10.5 Å². The molecule has 1 aliphatic rings. The SMILES string of the molecule is Nc1cccc(N2CCN(CC(=O)OCc3ccccc3)CC2)c1. The minimum absolute atomic E-state index is 0.170. The molecule has 1 heterocycles. The van der Waals surface area contributed by atoms with Gasteiger partial charge < -0.3 is 15.4 Å². The Morgan fingerprint density at radius 1 is 1.00 bits per heavy atom. The molecule has 2 N–H and O–H groups in total. The van der Waals surface area contributed by atoms with E-state index in [0.29, 0.717) is 13.2 Å². The maximum atomic E-state index is 12.0. The van der Waals surface area contributed by atoms with Crippen LogP contribution in [-0.2, 0) is 16.1 Å². The second-order valence-electron chi connectivity index (χ2n) is 6.00. The van der Waals surface area contributed by atoms with Gasteiger partial charge in [0.05, 0.1) is 6.54 Å². The first-order valence-electron chi connectivity index (χ1n) is 8.23. The van der Waals surface area contributed by atoms with Crippen LogP contribution in [0.4, 0.5) is 11.4 Å². The molecule has 0 spiro atoms. The molecule has 5 heteroatoms. The number of ether oxygens (including phenoxy) is 1. The first kappa shape index (κ1) is 16.3. The van der Waals surface area contributed by atoms with E-state index in [1.54, 1.807) is 0 Å². The van der Waals surface area contributed by atoms with Gasteiger partial charge in [0.1, 0.15) is 6.61 Å². The average Bonchev–Trinajstić information content (AvgIpc) is 2.61. The number of rotatable bonds is 5. The fraction of sp³-hybridized carbons (Fsp3) is 0.316. The summed E-state index contributed by atoms with van der Waals surface area (Å²) >= 11 is 0. The van der Waals surface area contributed by atoms with Crippen molar-refractivity contribution in [1.29, 1.82) is 0 Å². The largest absolute Gasteiger partial charge is 0.460 e. The van der Waals surface area contributed by atoms with Crippen LogP contribution in [0, 0.1) is 0 Å². The second kappa shape index (κ2) is 7.84. The molecule has 24 heavy (non-hydrogen) atoms. The summed E-state index contributed by atoms with van der Waals surface area (Å²) in [5.41, 5.74) is 8.77. The molecule has 0 bridgehead atoms. The van der Waals surface area contributed by atoms with Crippen LogP contribution in [0.25, 0.3) is 0 Å². The predicted octanol–water partition coefficient (Wildman–Crippen LogP) is 2.13. The lowest BCUT2D eigenvalue weighted by atomic mass is 10.2. The Kier molecular flexibility index (Phi) is 5.33. The molecule has 3 rings (SSSR count). The van der Waals surface area contributed by atoms with E-state index in [1.165, 1.54) is 0 Å². The molecule has 0 aliphatic carbocycles. The molecule has 0 saturated carbocycles. The third kappa shape index (κ3) is 4.49. The highest BCUT2D eigenvalue weighted by molar-refractivity contribution is 5.71. The highest BCUT2D eigenvalue weighted by atomic mass is 16.5. The van der Waals surface area contributed by atoms with Gasteiger partial charge in [-0.15, -0.1) is 0 Å². The molecule has 5 nitrogen and oxygen atoms in total. The van der Waals surface area contributed by atoms with Gasteiger partial charge in [0.2, 0.25) is 0 Å². The predicted molar refractivity (Wildman–Crippen MR) is 95.7 cm³/mol. The Bertz CT molecular complexity index is 667. The number of benzene rings is 2. The van der Waals surface area contributed by atoms with Crippen molar-refractivity contribution < 1.29 is 9.53 Å². The van der Waals surface area contributed by atoms with Gasteiger partial charge in [-0.3, -0.25) is 9.69 Å². The molecule has 0 atom stereocenters. The second-order valence-corrected chi connectivity index (χ2v) is 6.00. The zero-order valence-electron chi connectivity index (χ0n) is 13.7. The number of nitrogen functional groups attached to an aromatic ring is 1. The smallest absolute Gasteiger partial charge is 0.320 e. The monoisotopic (exact) mass is 325 g/mol. The molecular formula is C19H23N3O2. The zero-order valence-corrected chi connectivity index (χ0v) is 13.7. The van der Waals surface area contributed by atoms with Gasteiger partial charge in [0.25, 0.3) is 0 Å². The summed E-state index contributed by atoms with van der Waals surface area (Å²) in [6.45, 7) is 4.13. The third-order valence-corrected chi connectivity index (χ3v) is 4.20. The van der Waals surface area contributed by atoms with Crippen molar-refractivity contribution in [1.82, 2.24) is 4.90 Å². The maximum absolute atomic E-state index is 12.0. The van der Waals surface area contributed by atoms with Crippen molar-refractivity contribution >= 4 is 17.3 Å². The lowest BCUT2D eigenvalue weighted by Gasteiger charge is -2.35. The molecule has 0 aromatic heterocycles. The van der Waals surface area contributed by atoms with Crippen molar-refractivity contribution in [2.45, 2.75) is 6.61 Å². The van der Waals surface area contributed by atoms with Crippen LogP contribution >= 0.6 is 0 Å². The molecule has 1 aliphatic heterocycles. The molecular weight excluding hydrogens is 302 g/mol. The van der Waals surface area contributed by atoms with Gasteiger partial charge in [0.15, 0.2) is 0 Å². The molecule has 0 radical (unpaired) electrons. The van der Waals surface area contributed by atoms with Crippen molar-refractivity contribution in [3.05, 3.63) is 60.2 Å². The Hall–Kier alpha value is -2.53. The van der Waals surface area contributed by atoms with Crippen LogP contribution in [0.15, 0.2) is 54.6 Å². The molecule has 2 aromatic carbocycles. The Morgan fingerprint density at radius 3 is 2.46 bits per heavy atom. The first-order valence-corrected chi connectivity index (χ1v) is 8.23. The number of anilines is 2. The minimum atomic E-state index is -0.170. The number of nitrogens with zero attached hydrogens (tertiary/aromatic N) is 2. The fourth-order valence-electron chi connectivity index (χ4n) is 2.85. The van der Waals surface area contributed by atoms with Crippen molar-refractivity contribution in [2.75, 3.05) is 43.4 Å².